The van der Waals surface area contributed by atoms with Crippen LogP contribution in [-0.4, -0.2) is 30.2 Å². The van der Waals surface area contributed by atoms with Gasteiger partial charge in [0.1, 0.15) is 0 Å². The van der Waals surface area contributed by atoms with E-state index in [1.54, 1.807) is 0 Å². The van der Waals surface area contributed by atoms with E-state index in [1.165, 1.54) is 0 Å². The molecule has 0 aliphatic rings. The van der Waals surface area contributed by atoms with Crippen LogP contribution in [0.2, 0.25) is 0 Å². The van der Waals surface area contributed by atoms with Gasteiger partial charge in [-0.1, -0.05) is 12.2 Å². The summed E-state index contributed by atoms with van der Waals surface area (Å²) in [4.78, 5) is 11.7. The minimum Gasteiger partial charge on any atom is -0.393 e. The molecule has 0 heterocycles. The van der Waals surface area contributed by atoms with Crippen LogP contribution in [-0.2, 0) is 9.53 Å². The Hall–Kier alpha value is -0.680. The molecular weight excluding hydrogens is 200 g/mol. The van der Waals surface area contributed by atoms with Gasteiger partial charge in [-0.3, -0.25) is 4.79 Å². The zero-order valence-electron chi connectivity index (χ0n) is 8.71. The summed E-state index contributed by atoms with van der Waals surface area (Å²) in [5, 5.41) is 2.78. The fourth-order valence-electron chi connectivity index (χ4n) is 1.01. The number of ether oxygens (including phenoxy) is 1. The maximum Gasteiger partial charge on any atom is 0.222 e. The Bertz CT molecular complexity index is 197. The maximum absolute atomic E-state index is 11.2. The van der Waals surface area contributed by atoms with Crippen LogP contribution in [0.5, 0.6) is 0 Å². The first-order valence-corrected chi connectivity index (χ1v) is 5.12. The molecule has 1 unspecified atom stereocenters. The molecule has 14 heavy (non-hydrogen) atoms. The van der Waals surface area contributed by atoms with E-state index in [2.05, 4.69) is 5.32 Å². The lowest BCUT2D eigenvalue weighted by Crippen LogP contribution is -2.35. The van der Waals surface area contributed by atoms with Gasteiger partial charge in [-0.05, 0) is 13.8 Å². The van der Waals surface area contributed by atoms with E-state index in [-0.39, 0.29) is 11.9 Å². The van der Waals surface area contributed by atoms with Gasteiger partial charge in [0.25, 0.3) is 0 Å². The molecule has 3 N–H and O–H groups in total. The lowest BCUT2D eigenvalue weighted by atomic mass is 10.2. The van der Waals surface area contributed by atoms with Gasteiger partial charge in [0.05, 0.1) is 11.6 Å². The van der Waals surface area contributed by atoms with E-state index in [0.29, 0.717) is 31.0 Å². The van der Waals surface area contributed by atoms with E-state index < -0.39 is 0 Å². The highest BCUT2D eigenvalue weighted by Gasteiger charge is 2.07. The highest BCUT2D eigenvalue weighted by molar-refractivity contribution is 7.80. The van der Waals surface area contributed by atoms with Crippen LogP contribution in [0.1, 0.15) is 26.7 Å². The molecule has 1 atom stereocenters. The first kappa shape index (κ1) is 13.3. The van der Waals surface area contributed by atoms with E-state index in [0.717, 1.165) is 0 Å². The fraction of sp³-hybridized carbons (Fsp3) is 0.778. The molecule has 0 radical (unpaired) electrons. The van der Waals surface area contributed by atoms with Crippen LogP contribution in [0.3, 0.4) is 0 Å². The summed E-state index contributed by atoms with van der Waals surface area (Å²) in [5.41, 5.74) is 5.35. The van der Waals surface area contributed by atoms with E-state index in [9.17, 15) is 4.79 Å². The molecule has 0 aromatic heterocycles. The van der Waals surface area contributed by atoms with Gasteiger partial charge in [-0.25, -0.2) is 0 Å². The lowest BCUT2D eigenvalue weighted by molar-refractivity contribution is -0.122. The van der Waals surface area contributed by atoms with Gasteiger partial charge in [0, 0.05) is 25.5 Å². The van der Waals surface area contributed by atoms with Gasteiger partial charge in [0.15, 0.2) is 0 Å². The second-order valence-corrected chi connectivity index (χ2v) is 3.61. The summed E-state index contributed by atoms with van der Waals surface area (Å²) in [6.45, 7) is 4.86. The molecule has 82 valence electrons. The van der Waals surface area contributed by atoms with E-state index in [4.69, 9.17) is 22.7 Å². The van der Waals surface area contributed by atoms with Gasteiger partial charge >= 0.3 is 0 Å². The Kier molecular flexibility index (Phi) is 7.32. The molecule has 5 heteroatoms. The first-order valence-electron chi connectivity index (χ1n) is 4.71. The average Bonchev–Trinajstić information content (AvgIpc) is 2.02. The summed E-state index contributed by atoms with van der Waals surface area (Å²) in [7, 11) is 0. The number of hydrogen-bond acceptors (Lipinski definition) is 3. The van der Waals surface area contributed by atoms with Crippen LogP contribution in [0.15, 0.2) is 0 Å². The van der Waals surface area contributed by atoms with E-state index in [1.807, 2.05) is 13.8 Å². The molecule has 1 amide bonds. The topological polar surface area (TPSA) is 64.3 Å². The van der Waals surface area contributed by atoms with Crippen LogP contribution in [0, 0.1) is 0 Å². The zero-order valence-corrected chi connectivity index (χ0v) is 9.52. The number of carbonyl (C=O) groups excluding carboxylic acids is 1. The summed E-state index contributed by atoms with van der Waals surface area (Å²) in [6, 6.07) is 0.00151. The number of rotatable bonds is 7. The molecule has 0 aromatic rings. The van der Waals surface area contributed by atoms with Crippen molar-refractivity contribution in [2.24, 2.45) is 5.73 Å². The SMILES string of the molecule is CCOCCC(=O)NC(C)CC(N)=S. The van der Waals surface area contributed by atoms with E-state index >= 15 is 0 Å². The van der Waals surface area contributed by atoms with Crippen LogP contribution >= 0.6 is 12.2 Å². The highest BCUT2D eigenvalue weighted by Crippen LogP contribution is 1.92. The van der Waals surface area contributed by atoms with Crippen molar-refractivity contribution in [3.05, 3.63) is 0 Å². The summed E-state index contributed by atoms with van der Waals surface area (Å²) in [6.07, 6.45) is 0.922. The van der Waals surface area contributed by atoms with Gasteiger partial charge in [-0.2, -0.15) is 0 Å². The number of thiocarbonyl (C=S) groups is 1. The van der Waals surface area contributed by atoms with Crippen molar-refractivity contribution in [3.8, 4) is 0 Å². The second-order valence-electron chi connectivity index (χ2n) is 3.09. The summed E-state index contributed by atoms with van der Waals surface area (Å²) >= 11 is 4.73. The quantitative estimate of drug-likeness (QED) is 0.485. The lowest BCUT2D eigenvalue weighted by Gasteiger charge is -2.12. The molecule has 0 fully saturated rings. The van der Waals surface area contributed by atoms with Gasteiger partial charge < -0.3 is 15.8 Å². The zero-order chi connectivity index (χ0) is 11.0. The third kappa shape index (κ3) is 7.94. The third-order valence-electron chi connectivity index (χ3n) is 1.59. The van der Waals surface area contributed by atoms with Crippen molar-refractivity contribution in [2.75, 3.05) is 13.2 Å². The Labute approximate surface area is 90.2 Å². The van der Waals surface area contributed by atoms with Crippen molar-refractivity contribution in [1.29, 1.82) is 0 Å². The van der Waals surface area contributed by atoms with Gasteiger partial charge in [0.2, 0.25) is 5.91 Å². The number of nitrogens with two attached hydrogens (primary N) is 1. The molecule has 0 aliphatic carbocycles. The van der Waals surface area contributed by atoms with Crippen molar-refractivity contribution < 1.29 is 9.53 Å². The van der Waals surface area contributed by atoms with Gasteiger partial charge in [-0.15, -0.1) is 0 Å². The monoisotopic (exact) mass is 218 g/mol. The number of hydrogen-bond donors (Lipinski definition) is 2. The van der Waals surface area contributed by atoms with Crippen LogP contribution < -0.4 is 11.1 Å². The Morgan fingerprint density at radius 1 is 1.64 bits per heavy atom. The summed E-state index contributed by atoms with van der Waals surface area (Å²) < 4.78 is 5.06. The van der Waals surface area contributed by atoms with Crippen LogP contribution in [0.4, 0.5) is 0 Å². The van der Waals surface area contributed by atoms with Crippen LogP contribution in [0.25, 0.3) is 0 Å². The average molecular weight is 218 g/mol. The molecule has 0 aliphatic heterocycles. The summed E-state index contributed by atoms with van der Waals surface area (Å²) in [5.74, 6) is -0.0257. The minimum atomic E-state index is -0.0257. The van der Waals surface area contributed by atoms with Crippen molar-refractivity contribution in [2.45, 2.75) is 32.7 Å². The normalized spacial score (nSPS) is 12.1. The predicted octanol–water partition coefficient (Wildman–Crippen LogP) is 0.594. The van der Waals surface area contributed by atoms with Crippen molar-refractivity contribution in [1.82, 2.24) is 5.32 Å². The fourth-order valence-corrected chi connectivity index (χ4v) is 1.26. The molecule has 0 rings (SSSR count). The van der Waals surface area contributed by atoms with Crippen molar-refractivity contribution >= 4 is 23.1 Å². The maximum atomic E-state index is 11.2. The predicted molar refractivity (Wildman–Crippen MR) is 60.1 cm³/mol. The Morgan fingerprint density at radius 3 is 2.79 bits per heavy atom. The first-order chi connectivity index (χ1) is 6.56. The third-order valence-corrected chi connectivity index (χ3v) is 1.76. The molecule has 0 saturated carbocycles. The second kappa shape index (κ2) is 7.70. The molecule has 0 bridgehead atoms. The Morgan fingerprint density at radius 2 is 2.29 bits per heavy atom. The molecule has 0 aromatic carbocycles. The molecule has 4 nitrogen and oxygen atoms in total. The standard InChI is InChI=1S/C9H18N2O2S/c1-3-13-5-4-9(12)11-7(2)6-8(10)14/h7H,3-6H2,1-2H3,(H2,10,14)(H,11,12). The molecule has 0 saturated heterocycles. The molecular formula is C9H18N2O2S. The smallest absolute Gasteiger partial charge is 0.222 e. The number of carbonyl (C=O) groups is 1. The van der Waals surface area contributed by atoms with Crippen molar-refractivity contribution in [3.63, 3.8) is 0 Å². The number of nitrogens with one attached hydrogen (secondary N) is 1. The highest BCUT2D eigenvalue weighted by atomic mass is 32.1. The Balaban J connectivity index is 3.55. The number of amides is 1. The molecule has 0 spiro atoms. The minimum absolute atomic E-state index is 0.00151. The largest absolute Gasteiger partial charge is 0.393 e.